The molecule has 2 aromatic rings. The van der Waals surface area contributed by atoms with E-state index in [9.17, 15) is 9.90 Å². The minimum Gasteiger partial charge on any atom is -0.545 e. The summed E-state index contributed by atoms with van der Waals surface area (Å²) >= 11 is 0. The summed E-state index contributed by atoms with van der Waals surface area (Å²) < 4.78 is 5.87. The van der Waals surface area contributed by atoms with E-state index in [1.54, 1.807) is 12.1 Å². The van der Waals surface area contributed by atoms with Crippen LogP contribution in [0.15, 0.2) is 48.5 Å². The van der Waals surface area contributed by atoms with Crippen molar-refractivity contribution in [2.24, 2.45) is 0 Å². The maximum absolute atomic E-state index is 11.0. The van der Waals surface area contributed by atoms with Crippen molar-refractivity contribution in [2.45, 2.75) is 32.8 Å². The lowest BCUT2D eigenvalue weighted by molar-refractivity contribution is -0.255. The molecule has 3 nitrogen and oxygen atoms in total. The number of aromatic carboxylic acids is 1. The first-order valence-electron chi connectivity index (χ1n) is 6.90. The van der Waals surface area contributed by atoms with Crippen LogP contribution in [0.1, 0.15) is 42.3 Å². The zero-order valence-electron chi connectivity index (χ0n) is 12.6. The fraction of sp³-hybridized carbons (Fsp3) is 0.278. The van der Waals surface area contributed by atoms with Gasteiger partial charge in [-0.2, -0.15) is 0 Å². The quantitative estimate of drug-likeness (QED) is 0.867. The summed E-state index contributed by atoms with van der Waals surface area (Å²) in [5.41, 5.74) is 1.89. The Morgan fingerprint density at radius 1 is 1.10 bits per heavy atom. The largest absolute Gasteiger partial charge is 0.545 e. The van der Waals surface area contributed by atoms with Crippen LogP contribution in [0.4, 0.5) is 0 Å². The maximum Gasteiger partial charge on any atom is 0.123 e. The molecule has 0 fully saturated rings. The van der Waals surface area contributed by atoms with Crippen LogP contribution in [0.3, 0.4) is 0 Å². The Hall–Kier alpha value is -2.29. The predicted octanol–water partition coefficient (Wildman–Crippen LogP) is 2.93. The SMILES string of the molecule is CC(C)(C)c1cc(C(=O)[O-])ccc1OCc1ccccc1. The molecule has 0 N–H and O–H groups in total. The summed E-state index contributed by atoms with van der Waals surface area (Å²) in [6.45, 7) is 6.53. The highest BCUT2D eigenvalue weighted by Crippen LogP contribution is 2.32. The summed E-state index contributed by atoms with van der Waals surface area (Å²) in [7, 11) is 0. The van der Waals surface area contributed by atoms with Gasteiger partial charge in [0.25, 0.3) is 0 Å². The molecule has 2 rings (SSSR count). The third-order valence-corrected chi connectivity index (χ3v) is 3.26. The molecule has 0 saturated carbocycles. The molecule has 2 aromatic carbocycles. The van der Waals surface area contributed by atoms with Crippen LogP contribution in [0.5, 0.6) is 5.75 Å². The van der Waals surface area contributed by atoms with E-state index >= 15 is 0 Å². The van der Waals surface area contributed by atoms with Crippen molar-refractivity contribution in [1.82, 2.24) is 0 Å². The summed E-state index contributed by atoms with van der Waals surface area (Å²) in [6, 6.07) is 14.7. The molecule has 0 saturated heterocycles. The minimum absolute atomic E-state index is 0.173. The molecule has 0 radical (unpaired) electrons. The Bertz CT molecular complexity index is 625. The number of carboxylic acid groups (broad SMARTS) is 1. The van der Waals surface area contributed by atoms with E-state index in [-0.39, 0.29) is 11.0 Å². The molecule has 3 heteroatoms. The van der Waals surface area contributed by atoms with Gasteiger partial charge >= 0.3 is 0 Å². The smallest absolute Gasteiger partial charge is 0.123 e. The van der Waals surface area contributed by atoms with E-state index in [2.05, 4.69) is 0 Å². The van der Waals surface area contributed by atoms with Crippen LogP contribution in [0.2, 0.25) is 0 Å². The Kier molecular flexibility index (Phi) is 4.32. The van der Waals surface area contributed by atoms with Crippen LogP contribution in [-0.2, 0) is 12.0 Å². The average Bonchev–Trinajstić information content (AvgIpc) is 2.45. The molecule has 0 bridgehead atoms. The van der Waals surface area contributed by atoms with Gasteiger partial charge in [0.05, 0.1) is 5.97 Å². The second kappa shape index (κ2) is 6.00. The van der Waals surface area contributed by atoms with Gasteiger partial charge in [0, 0.05) is 5.56 Å². The van der Waals surface area contributed by atoms with Gasteiger partial charge in [-0.15, -0.1) is 0 Å². The molecule has 0 amide bonds. The fourth-order valence-electron chi connectivity index (χ4n) is 2.10. The monoisotopic (exact) mass is 283 g/mol. The van der Waals surface area contributed by atoms with Crippen molar-refractivity contribution in [2.75, 3.05) is 0 Å². The van der Waals surface area contributed by atoms with Crippen molar-refractivity contribution in [3.63, 3.8) is 0 Å². The van der Waals surface area contributed by atoms with Crippen molar-refractivity contribution >= 4 is 5.97 Å². The molecule has 0 aliphatic heterocycles. The lowest BCUT2D eigenvalue weighted by atomic mass is 9.85. The van der Waals surface area contributed by atoms with Gasteiger partial charge in [-0.3, -0.25) is 0 Å². The van der Waals surface area contributed by atoms with E-state index in [1.165, 1.54) is 6.07 Å². The lowest BCUT2D eigenvalue weighted by Crippen LogP contribution is -2.23. The Morgan fingerprint density at radius 2 is 1.76 bits per heavy atom. The predicted molar refractivity (Wildman–Crippen MR) is 80.2 cm³/mol. The minimum atomic E-state index is -1.17. The average molecular weight is 283 g/mol. The third-order valence-electron chi connectivity index (χ3n) is 3.26. The zero-order chi connectivity index (χ0) is 15.5. The van der Waals surface area contributed by atoms with Crippen LogP contribution < -0.4 is 9.84 Å². The topological polar surface area (TPSA) is 49.4 Å². The number of benzene rings is 2. The molecule has 0 aromatic heterocycles. The third kappa shape index (κ3) is 3.85. The number of hydrogen-bond donors (Lipinski definition) is 0. The van der Waals surface area contributed by atoms with Gasteiger partial charge in [0.2, 0.25) is 0 Å². The van der Waals surface area contributed by atoms with E-state index in [1.807, 2.05) is 51.1 Å². The molecule has 0 aliphatic rings. The number of rotatable bonds is 4. The first-order valence-corrected chi connectivity index (χ1v) is 6.90. The molecule has 0 heterocycles. The van der Waals surface area contributed by atoms with Gasteiger partial charge in [0.15, 0.2) is 0 Å². The Balaban J connectivity index is 2.28. The molecule has 0 unspecified atom stereocenters. The molecule has 110 valence electrons. The Labute approximate surface area is 125 Å². The molecular weight excluding hydrogens is 264 g/mol. The van der Waals surface area contributed by atoms with Gasteiger partial charge in [-0.25, -0.2) is 0 Å². The van der Waals surface area contributed by atoms with Crippen LogP contribution in [0, 0.1) is 0 Å². The van der Waals surface area contributed by atoms with Gasteiger partial charge in [-0.05, 0) is 34.7 Å². The number of carboxylic acids is 1. The van der Waals surface area contributed by atoms with Gasteiger partial charge in [0.1, 0.15) is 12.4 Å². The van der Waals surface area contributed by atoms with Gasteiger partial charge < -0.3 is 14.6 Å². The standard InChI is InChI=1S/C18H20O3/c1-18(2,3)15-11-14(17(19)20)9-10-16(15)21-12-13-7-5-4-6-8-13/h4-11H,12H2,1-3H3,(H,19,20)/p-1. The summed E-state index contributed by atoms with van der Waals surface area (Å²) in [5.74, 6) is -0.466. The molecular formula is C18H19O3-. The highest BCUT2D eigenvalue weighted by Gasteiger charge is 2.20. The highest BCUT2D eigenvalue weighted by molar-refractivity contribution is 5.86. The van der Waals surface area contributed by atoms with E-state index in [0.717, 1.165) is 11.1 Å². The van der Waals surface area contributed by atoms with Crippen molar-refractivity contribution in [1.29, 1.82) is 0 Å². The van der Waals surface area contributed by atoms with Crippen molar-refractivity contribution < 1.29 is 14.6 Å². The first kappa shape index (κ1) is 15.1. The number of ether oxygens (including phenoxy) is 1. The number of carbonyl (C=O) groups excluding carboxylic acids is 1. The Morgan fingerprint density at radius 3 is 2.33 bits per heavy atom. The lowest BCUT2D eigenvalue weighted by Gasteiger charge is -2.24. The summed E-state index contributed by atoms with van der Waals surface area (Å²) in [5, 5.41) is 11.0. The van der Waals surface area contributed by atoms with Gasteiger partial charge in [-0.1, -0.05) is 51.1 Å². The van der Waals surface area contributed by atoms with E-state index in [0.29, 0.717) is 12.4 Å². The molecule has 0 spiro atoms. The summed E-state index contributed by atoms with van der Waals surface area (Å²) in [6.07, 6.45) is 0. The van der Waals surface area contributed by atoms with Crippen molar-refractivity contribution in [3.05, 3.63) is 65.2 Å². The van der Waals surface area contributed by atoms with Crippen LogP contribution in [0.25, 0.3) is 0 Å². The second-order valence-electron chi connectivity index (χ2n) is 6.02. The molecule has 0 atom stereocenters. The van der Waals surface area contributed by atoms with Crippen LogP contribution in [-0.4, -0.2) is 5.97 Å². The molecule has 0 aliphatic carbocycles. The maximum atomic E-state index is 11.0. The van der Waals surface area contributed by atoms with E-state index in [4.69, 9.17) is 4.74 Å². The summed E-state index contributed by atoms with van der Waals surface area (Å²) in [4.78, 5) is 11.0. The van der Waals surface area contributed by atoms with Crippen molar-refractivity contribution in [3.8, 4) is 5.75 Å². The number of carbonyl (C=O) groups is 1. The fourth-order valence-corrected chi connectivity index (χ4v) is 2.10. The van der Waals surface area contributed by atoms with Crippen LogP contribution >= 0.6 is 0 Å². The van der Waals surface area contributed by atoms with E-state index < -0.39 is 5.97 Å². The second-order valence-corrected chi connectivity index (χ2v) is 6.02. The highest BCUT2D eigenvalue weighted by atomic mass is 16.5. The number of hydrogen-bond acceptors (Lipinski definition) is 3. The molecule has 21 heavy (non-hydrogen) atoms. The normalized spacial score (nSPS) is 11.2. The zero-order valence-corrected chi connectivity index (χ0v) is 12.6. The first-order chi connectivity index (χ1) is 9.88.